The lowest BCUT2D eigenvalue weighted by Gasteiger charge is -2.36. The summed E-state index contributed by atoms with van der Waals surface area (Å²) in [5, 5.41) is 3.32. The van der Waals surface area contributed by atoms with Crippen molar-refractivity contribution < 1.29 is 4.39 Å². The molecule has 0 bridgehead atoms. The van der Waals surface area contributed by atoms with E-state index in [9.17, 15) is 4.39 Å². The molecule has 0 amide bonds. The van der Waals surface area contributed by atoms with Crippen LogP contribution in [0.5, 0.6) is 0 Å². The molecule has 1 N–H and O–H groups in total. The third-order valence-electron chi connectivity index (χ3n) is 4.94. The molecular weight excluding hydrogens is 353 g/mol. The van der Waals surface area contributed by atoms with Crippen LogP contribution in [0, 0.1) is 12.7 Å². The van der Waals surface area contributed by atoms with Crippen molar-refractivity contribution in [2.45, 2.75) is 13.5 Å². The quantitative estimate of drug-likeness (QED) is 0.731. The van der Waals surface area contributed by atoms with Crippen LogP contribution in [0.4, 0.5) is 21.7 Å². The summed E-state index contributed by atoms with van der Waals surface area (Å²) in [4.78, 5) is 13.8. The van der Waals surface area contributed by atoms with Gasteiger partial charge in [0.1, 0.15) is 23.3 Å². The van der Waals surface area contributed by atoms with Gasteiger partial charge in [0.2, 0.25) is 0 Å². The molecule has 2 heterocycles. The first kappa shape index (κ1) is 18.2. The molecular formula is C22H24FN5. The van der Waals surface area contributed by atoms with Crippen molar-refractivity contribution in [3.63, 3.8) is 0 Å². The van der Waals surface area contributed by atoms with E-state index in [1.54, 1.807) is 12.1 Å². The third-order valence-corrected chi connectivity index (χ3v) is 4.94. The van der Waals surface area contributed by atoms with Crippen molar-refractivity contribution in [3.05, 3.63) is 77.9 Å². The molecule has 1 aromatic heterocycles. The van der Waals surface area contributed by atoms with Gasteiger partial charge in [-0.3, -0.25) is 0 Å². The summed E-state index contributed by atoms with van der Waals surface area (Å²) in [5.41, 5.74) is 2.28. The number of piperazine rings is 1. The van der Waals surface area contributed by atoms with Gasteiger partial charge in [-0.25, -0.2) is 14.4 Å². The zero-order chi connectivity index (χ0) is 19.3. The molecule has 0 unspecified atom stereocenters. The van der Waals surface area contributed by atoms with E-state index in [1.807, 2.05) is 19.1 Å². The topological polar surface area (TPSA) is 44.3 Å². The summed E-state index contributed by atoms with van der Waals surface area (Å²) >= 11 is 0. The zero-order valence-electron chi connectivity index (χ0n) is 16.0. The fraction of sp³-hybridized carbons (Fsp3) is 0.273. The van der Waals surface area contributed by atoms with Gasteiger partial charge in [-0.05, 0) is 36.8 Å². The van der Waals surface area contributed by atoms with Crippen LogP contribution in [0.3, 0.4) is 0 Å². The molecule has 0 radical (unpaired) electrons. The molecule has 2 aromatic carbocycles. The van der Waals surface area contributed by atoms with Crippen molar-refractivity contribution in [1.29, 1.82) is 0 Å². The molecule has 28 heavy (non-hydrogen) atoms. The van der Waals surface area contributed by atoms with E-state index >= 15 is 0 Å². The molecule has 1 aliphatic rings. The third kappa shape index (κ3) is 4.39. The second-order valence-electron chi connectivity index (χ2n) is 6.95. The molecule has 0 spiro atoms. The SMILES string of the molecule is Cc1nc(NCc2ccc(F)cc2)cc(N2CCN(c3ccccc3)CC2)n1. The maximum atomic E-state index is 13.0. The van der Waals surface area contributed by atoms with E-state index in [-0.39, 0.29) is 5.82 Å². The molecule has 6 heteroatoms. The van der Waals surface area contributed by atoms with Gasteiger partial charge >= 0.3 is 0 Å². The Morgan fingerprint density at radius 1 is 0.893 bits per heavy atom. The van der Waals surface area contributed by atoms with Gasteiger partial charge in [-0.15, -0.1) is 0 Å². The number of aromatic nitrogens is 2. The highest BCUT2D eigenvalue weighted by atomic mass is 19.1. The average molecular weight is 377 g/mol. The summed E-state index contributed by atoms with van der Waals surface area (Å²) in [6, 6.07) is 19.0. The average Bonchev–Trinajstić information content (AvgIpc) is 2.74. The van der Waals surface area contributed by atoms with Crippen LogP contribution in [0.1, 0.15) is 11.4 Å². The second-order valence-corrected chi connectivity index (χ2v) is 6.95. The highest BCUT2D eigenvalue weighted by Gasteiger charge is 2.19. The number of rotatable bonds is 5. The maximum Gasteiger partial charge on any atom is 0.134 e. The van der Waals surface area contributed by atoms with Gasteiger partial charge in [0, 0.05) is 44.5 Å². The van der Waals surface area contributed by atoms with Crippen LogP contribution in [0.15, 0.2) is 60.7 Å². The Bertz CT molecular complexity index is 906. The Hall–Kier alpha value is -3.15. The first-order valence-electron chi connectivity index (χ1n) is 9.56. The molecule has 0 saturated carbocycles. The molecule has 1 fully saturated rings. The van der Waals surface area contributed by atoms with Gasteiger partial charge in [0.05, 0.1) is 0 Å². The molecule has 1 aliphatic heterocycles. The minimum absolute atomic E-state index is 0.224. The molecule has 0 aliphatic carbocycles. The zero-order valence-corrected chi connectivity index (χ0v) is 16.0. The van der Waals surface area contributed by atoms with Gasteiger partial charge in [0.25, 0.3) is 0 Å². The Morgan fingerprint density at radius 2 is 1.57 bits per heavy atom. The van der Waals surface area contributed by atoms with E-state index in [1.165, 1.54) is 17.8 Å². The van der Waals surface area contributed by atoms with E-state index in [0.717, 1.165) is 49.2 Å². The molecule has 0 atom stereocenters. The maximum absolute atomic E-state index is 13.0. The Balaban J connectivity index is 1.40. The smallest absolute Gasteiger partial charge is 0.134 e. The van der Waals surface area contributed by atoms with Crippen molar-refractivity contribution in [3.8, 4) is 0 Å². The van der Waals surface area contributed by atoms with Gasteiger partial charge in [0.15, 0.2) is 0 Å². The van der Waals surface area contributed by atoms with E-state index in [0.29, 0.717) is 6.54 Å². The van der Waals surface area contributed by atoms with Crippen LogP contribution in [0.25, 0.3) is 0 Å². The number of hydrogen-bond acceptors (Lipinski definition) is 5. The Morgan fingerprint density at radius 3 is 2.29 bits per heavy atom. The lowest BCUT2D eigenvalue weighted by atomic mass is 10.2. The van der Waals surface area contributed by atoms with Crippen LogP contribution in [0.2, 0.25) is 0 Å². The number of nitrogens with one attached hydrogen (secondary N) is 1. The van der Waals surface area contributed by atoms with Crippen molar-refractivity contribution >= 4 is 17.3 Å². The molecule has 5 nitrogen and oxygen atoms in total. The first-order valence-corrected chi connectivity index (χ1v) is 9.56. The largest absolute Gasteiger partial charge is 0.368 e. The van der Waals surface area contributed by atoms with E-state index < -0.39 is 0 Å². The highest BCUT2D eigenvalue weighted by molar-refractivity contribution is 5.52. The van der Waals surface area contributed by atoms with Crippen LogP contribution in [-0.2, 0) is 6.54 Å². The summed E-state index contributed by atoms with van der Waals surface area (Å²) in [5.74, 6) is 2.25. The monoisotopic (exact) mass is 377 g/mol. The molecule has 3 aromatic rings. The molecule has 1 saturated heterocycles. The van der Waals surface area contributed by atoms with Gasteiger partial charge in [-0.2, -0.15) is 0 Å². The minimum atomic E-state index is -0.224. The van der Waals surface area contributed by atoms with Crippen LogP contribution in [-0.4, -0.2) is 36.1 Å². The molecule has 4 rings (SSSR count). The normalized spacial score (nSPS) is 14.2. The lowest BCUT2D eigenvalue weighted by Crippen LogP contribution is -2.46. The van der Waals surface area contributed by atoms with E-state index in [2.05, 4.69) is 49.4 Å². The minimum Gasteiger partial charge on any atom is -0.368 e. The Labute approximate surface area is 164 Å². The fourth-order valence-corrected chi connectivity index (χ4v) is 3.43. The van der Waals surface area contributed by atoms with Crippen molar-refractivity contribution in [2.75, 3.05) is 41.3 Å². The molecule has 144 valence electrons. The van der Waals surface area contributed by atoms with E-state index in [4.69, 9.17) is 0 Å². The summed E-state index contributed by atoms with van der Waals surface area (Å²) in [6.45, 7) is 6.27. The predicted octanol–water partition coefficient (Wildman–Crippen LogP) is 3.86. The summed E-state index contributed by atoms with van der Waals surface area (Å²) in [6.07, 6.45) is 0. The standard InChI is InChI=1S/C22H24FN5/c1-17-25-21(24-16-18-7-9-19(23)10-8-18)15-22(26-17)28-13-11-27(12-14-28)20-5-3-2-4-6-20/h2-10,15H,11-14,16H2,1H3,(H,24,25,26). The van der Waals surface area contributed by atoms with Gasteiger partial charge in [-0.1, -0.05) is 30.3 Å². The fourth-order valence-electron chi connectivity index (χ4n) is 3.43. The van der Waals surface area contributed by atoms with Crippen LogP contribution >= 0.6 is 0 Å². The van der Waals surface area contributed by atoms with Crippen molar-refractivity contribution in [2.24, 2.45) is 0 Å². The number of halogens is 1. The Kier molecular flexibility index (Phi) is 5.37. The first-order chi connectivity index (χ1) is 13.7. The van der Waals surface area contributed by atoms with Gasteiger partial charge < -0.3 is 15.1 Å². The van der Waals surface area contributed by atoms with Crippen molar-refractivity contribution in [1.82, 2.24) is 9.97 Å². The van der Waals surface area contributed by atoms with Crippen LogP contribution < -0.4 is 15.1 Å². The number of nitrogens with zero attached hydrogens (tertiary/aromatic N) is 4. The second kappa shape index (κ2) is 8.25. The summed E-state index contributed by atoms with van der Waals surface area (Å²) in [7, 11) is 0. The number of anilines is 3. The number of para-hydroxylation sites is 1. The number of aryl methyl sites for hydroxylation is 1. The number of hydrogen-bond donors (Lipinski definition) is 1. The number of benzene rings is 2. The lowest BCUT2D eigenvalue weighted by molar-refractivity contribution is 0.627. The summed E-state index contributed by atoms with van der Waals surface area (Å²) < 4.78 is 13.0. The highest BCUT2D eigenvalue weighted by Crippen LogP contribution is 2.21. The predicted molar refractivity (Wildman–Crippen MR) is 111 cm³/mol.